The summed E-state index contributed by atoms with van der Waals surface area (Å²) in [4.78, 5) is 11.8. The quantitative estimate of drug-likeness (QED) is 0.862. The van der Waals surface area contributed by atoms with Crippen LogP contribution >= 0.6 is 27.5 Å². The number of carbonyl (C=O) groups excluding carboxylic acids is 1. The van der Waals surface area contributed by atoms with Crippen LogP contribution in [0.15, 0.2) is 22.7 Å². The van der Waals surface area contributed by atoms with Crippen molar-refractivity contribution in [2.75, 3.05) is 11.9 Å². The molecule has 1 aromatic rings. The Bertz CT molecular complexity index is 446. The van der Waals surface area contributed by atoms with Crippen LogP contribution in [0.2, 0.25) is 5.02 Å². The fourth-order valence-electron chi connectivity index (χ4n) is 1.62. The predicted octanol–water partition coefficient (Wildman–Crippen LogP) is 3.61. The zero-order chi connectivity index (χ0) is 12.5. The number of hydrogen-bond donors (Lipinski definition) is 1. The summed E-state index contributed by atoms with van der Waals surface area (Å²) in [5.74, 6) is -0.175. The molecule has 0 atom stereocenters. The fraction of sp³-hybridized carbons (Fsp3) is 0.417. The third kappa shape index (κ3) is 2.75. The smallest absolute Gasteiger partial charge is 0.331 e. The van der Waals surface area contributed by atoms with Gasteiger partial charge in [-0.15, -0.1) is 0 Å². The maximum Gasteiger partial charge on any atom is 0.331 e. The summed E-state index contributed by atoms with van der Waals surface area (Å²) in [7, 11) is 0. The van der Waals surface area contributed by atoms with Gasteiger partial charge in [-0.25, -0.2) is 4.79 Å². The molecule has 0 radical (unpaired) electrons. The van der Waals surface area contributed by atoms with Crippen LogP contribution in [-0.4, -0.2) is 18.1 Å². The lowest BCUT2D eigenvalue weighted by Crippen LogP contribution is -2.33. The van der Waals surface area contributed by atoms with Crippen LogP contribution in [0, 0.1) is 0 Å². The van der Waals surface area contributed by atoms with Crippen LogP contribution in [0.5, 0.6) is 0 Å². The number of ether oxygens (including phenoxy) is 1. The van der Waals surface area contributed by atoms with Crippen molar-refractivity contribution < 1.29 is 9.53 Å². The molecule has 0 unspecified atom stereocenters. The second-order valence-corrected chi connectivity index (χ2v) is 5.32. The maximum absolute atomic E-state index is 11.8. The topological polar surface area (TPSA) is 38.3 Å². The second kappa shape index (κ2) is 4.86. The second-order valence-electron chi connectivity index (χ2n) is 4.06. The fourth-order valence-corrected chi connectivity index (χ4v) is 2.12. The third-order valence-corrected chi connectivity index (χ3v) is 3.93. The lowest BCUT2D eigenvalue weighted by atomic mass is 10.2. The predicted molar refractivity (Wildman–Crippen MR) is 71.4 cm³/mol. The molecule has 1 aliphatic rings. The van der Waals surface area contributed by atoms with Crippen molar-refractivity contribution in [3.8, 4) is 0 Å². The van der Waals surface area contributed by atoms with E-state index in [1.807, 2.05) is 19.1 Å². The molecule has 92 valence electrons. The average Bonchev–Trinajstić information content (AvgIpc) is 3.05. The van der Waals surface area contributed by atoms with Gasteiger partial charge in [0.2, 0.25) is 0 Å². The van der Waals surface area contributed by atoms with E-state index in [2.05, 4.69) is 21.2 Å². The summed E-state index contributed by atoms with van der Waals surface area (Å²) in [6, 6.07) is 5.50. The minimum absolute atomic E-state index is 0.175. The molecule has 0 aromatic heterocycles. The standard InChI is InChI=1S/C12H13BrClNO2/c1-2-17-11(16)12(5-6-12)15-8-3-4-10(14)9(13)7-8/h3-4,7,15H,2,5-6H2,1H3. The molecule has 0 spiro atoms. The number of carbonyl (C=O) groups is 1. The highest BCUT2D eigenvalue weighted by Crippen LogP contribution is 2.41. The van der Waals surface area contributed by atoms with Crippen molar-refractivity contribution in [3.63, 3.8) is 0 Å². The van der Waals surface area contributed by atoms with Crippen molar-refractivity contribution in [1.29, 1.82) is 0 Å². The molecule has 0 bridgehead atoms. The molecule has 0 heterocycles. The van der Waals surface area contributed by atoms with E-state index in [-0.39, 0.29) is 5.97 Å². The molecule has 1 N–H and O–H groups in total. The first kappa shape index (κ1) is 12.7. The minimum Gasteiger partial charge on any atom is -0.464 e. The first-order valence-electron chi connectivity index (χ1n) is 5.48. The third-order valence-electron chi connectivity index (χ3n) is 2.72. The summed E-state index contributed by atoms with van der Waals surface area (Å²) < 4.78 is 5.87. The van der Waals surface area contributed by atoms with E-state index in [1.54, 1.807) is 6.07 Å². The SMILES string of the molecule is CCOC(=O)C1(Nc2ccc(Cl)c(Br)c2)CC1. The van der Waals surface area contributed by atoms with Crippen LogP contribution < -0.4 is 5.32 Å². The number of benzene rings is 1. The number of nitrogens with one attached hydrogen (secondary N) is 1. The van der Waals surface area contributed by atoms with Crippen molar-refractivity contribution in [1.82, 2.24) is 0 Å². The average molecular weight is 319 g/mol. The lowest BCUT2D eigenvalue weighted by molar-refractivity contribution is -0.145. The van der Waals surface area contributed by atoms with E-state index >= 15 is 0 Å². The number of anilines is 1. The molecule has 0 saturated heterocycles. The van der Waals surface area contributed by atoms with Gasteiger partial charge >= 0.3 is 5.97 Å². The Labute approximate surface area is 114 Å². The van der Waals surface area contributed by atoms with Crippen molar-refractivity contribution in [3.05, 3.63) is 27.7 Å². The number of hydrogen-bond acceptors (Lipinski definition) is 3. The van der Waals surface area contributed by atoms with E-state index in [4.69, 9.17) is 16.3 Å². The first-order valence-corrected chi connectivity index (χ1v) is 6.65. The maximum atomic E-state index is 11.8. The molecule has 17 heavy (non-hydrogen) atoms. The van der Waals surface area contributed by atoms with Gasteiger partial charge in [0.15, 0.2) is 0 Å². The summed E-state index contributed by atoms with van der Waals surface area (Å²) >= 11 is 9.27. The van der Waals surface area contributed by atoms with Gasteiger partial charge in [0.05, 0.1) is 11.6 Å². The Morgan fingerprint density at radius 3 is 2.82 bits per heavy atom. The molecular weight excluding hydrogens is 305 g/mol. The van der Waals surface area contributed by atoms with E-state index in [0.717, 1.165) is 23.0 Å². The number of esters is 1. The number of halogens is 2. The van der Waals surface area contributed by atoms with Crippen LogP contribution in [0.4, 0.5) is 5.69 Å². The highest BCUT2D eigenvalue weighted by atomic mass is 79.9. The van der Waals surface area contributed by atoms with Crippen LogP contribution in [0.1, 0.15) is 19.8 Å². The molecule has 1 aromatic carbocycles. The number of rotatable bonds is 4. The van der Waals surface area contributed by atoms with Gasteiger partial charge in [-0.1, -0.05) is 11.6 Å². The van der Waals surface area contributed by atoms with Crippen molar-refractivity contribution in [2.45, 2.75) is 25.3 Å². The van der Waals surface area contributed by atoms with E-state index < -0.39 is 5.54 Å². The van der Waals surface area contributed by atoms with E-state index in [9.17, 15) is 4.79 Å². The summed E-state index contributed by atoms with van der Waals surface area (Å²) in [6.07, 6.45) is 1.62. The van der Waals surface area contributed by atoms with Crippen LogP contribution in [-0.2, 0) is 9.53 Å². The van der Waals surface area contributed by atoms with Gasteiger partial charge in [0, 0.05) is 10.2 Å². The van der Waals surface area contributed by atoms with Crippen LogP contribution in [0.3, 0.4) is 0 Å². The zero-order valence-corrected chi connectivity index (χ0v) is 11.8. The van der Waals surface area contributed by atoms with Gasteiger partial charge in [-0.2, -0.15) is 0 Å². The molecule has 1 saturated carbocycles. The minimum atomic E-state index is -0.525. The molecule has 3 nitrogen and oxygen atoms in total. The summed E-state index contributed by atoms with van der Waals surface area (Å²) in [6.45, 7) is 2.22. The Hall–Kier alpha value is -0.740. The molecule has 1 aliphatic carbocycles. The van der Waals surface area contributed by atoms with E-state index in [0.29, 0.717) is 11.6 Å². The highest BCUT2D eigenvalue weighted by Gasteiger charge is 2.51. The van der Waals surface area contributed by atoms with Gasteiger partial charge in [0.25, 0.3) is 0 Å². The van der Waals surface area contributed by atoms with Gasteiger partial charge in [0.1, 0.15) is 5.54 Å². The monoisotopic (exact) mass is 317 g/mol. The molecule has 0 aliphatic heterocycles. The Morgan fingerprint density at radius 2 is 2.29 bits per heavy atom. The molecule has 0 amide bonds. The normalized spacial score (nSPS) is 16.4. The Kier molecular flexibility index (Phi) is 3.64. The highest BCUT2D eigenvalue weighted by molar-refractivity contribution is 9.10. The molecule has 1 fully saturated rings. The largest absolute Gasteiger partial charge is 0.464 e. The first-order chi connectivity index (χ1) is 8.07. The molecule has 5 heteroatoms. The summed E-state index contributed by atoms with van der Waals surface area (Å²) in [5.41, 5.74) is 0.343. The van der Waals surface area contributed by atoms with E-state index in [1.165, 1.54) is 0 Å². The molecular formula is C12H13BrClNO2. The van der Waals surface area contributed by atoms with Crippen LogP contribution in [0.25, 0.3) is 0 Å². The van der Waals surface area contributed by atoms with Gasteiger partial charge < -0.3 is 10.1 Å². The molecule has 2 rings (SSSR count). The summed E-state index contributed by atoms with van der Waals surface area (Å²) in [5, 5.41) is 3.87. The van der Waals surface area contributed by atoms with Gasteiger partial charge in [-0.3, -0.25) is 0 Å². The van der Waals surface area contributed by atoms with Crippen molar-refractivity contribution in [2.24, 2.45) is 0 Å². The Balaban J connectivity index is 2.10. The van der Waals surface area contributed by atoms with Crippen molar-refractivity contribution >= 4 is 39.2 Å². The zero-order valence-electron chi connectivity index (χ0n) is 9.43. The lowest BCUT2D eigenvalue weighted by Gasteiger charge is -2.17. The Morgan fingerprint density at radius 1 is 1.59 bits per heavy atom. The van der Waals surface area contributed by atoms with Gasteiger partial charge in [-0.05, 0) is 53.9 Å².